The average molecular weight is 278 g/mol. The predicted molar refractivity (Wildman–Crippen MR) is 82.6 cm³/mol. The fourth-order valence-corrected chi connectivity index (χ4v) is 3.46. The van der Waals surface area contributed by atoms with Gasteiger partial charge in [0.05, 0.1) is 5.56 Å². The molecule has 2 unspecified atom stereocenters. The third-order valence-electron chi connectivity index (χ3n) is 3.86. The van der Waals surface area contributed by atoms with E-state index in [1.54, 1.807) is 6.07 Å². The highest BCUT2D eigenvalue weighted by Gasteiger charge is 2.23. The van der Waals surface area contributed by atoms with Crippen LogP contribution in [0.5, 0.6) is 0 Å². The minimum atomic E-state index is -0.0343. The van der Waals surface area contributed by atoms with Gasteiger partial charge in [-0.15, -0.1) is 0 Å². The van der Waals surface area contributed by atoms with E-state index in [2.05, 4.69) is 11.6 Å². The SMILES string of the molecule is CSC1CCCC(NC(=O)c2cccc(C)c2N)C1. The number of thioether (sulfide) groups is 1. The van der Waals surface area contributed by atoms with Crippen LogP contribution in [0.4, 0.5) is 5.69 Å². The maximum absolute atomic E-state index is 12.3. The van der Waals surface area contributed by atoms with Gasteiger partial charge in [-0.25, -0.2) is 0 Å². The molecule has 1 fully saturated rings. The first-order valence-electron chi connectivity index (χ1n) is 6.80. The molecule has 1 aliphatic carbocycles. The Kier molecular flexibility index (Phi) is 4.75. The van der Waals surface area contributed by atoms with Gasteiger partial charge >= 0.3 is 0 Å². The van der Waals surface area contributed by atoms with Gasteiger partial charge in [-0.2, -0.15) is 11.8 Å². The molecule has 2 rings (SSSR count). The van der Waals surface area contributed by atoms with Gasteiger partial charge < -0.3 is 11.1 Å². The van der Waals surface area contributed by atoms with Gasteiger partial charge in [-0.1, -0.05) is 18.6 Å². The molecule has 0 aliphatic heterocycles. The zero-order valence-corrected chi connectivity index (χ0v) is 12.4. The summed E-state index contributed by atoms with van der Waals surface area (Å²) in [5.41, 5.74) is 8.13. The molecular weight excluding hydrogens is 256 g/mol. The maximum atomic E-state index is 12.3. The topological polar surface area (TPSA) is 55.1 Å². The predicted octanol–water partition coefficient (Wildman–Crippen LogP) is 2.98. The van der Waals surface area contributed by atoms with E-state index in [-0.39, 0.29) is 5.91 Å². The molecule has 3 nitrogen and oxygen atoms in total. The molecule has 4 heteroatoms. The van der Waals surface area contributed by atoms with Crippen molar-refractivity contribution in [2.45, 2.75) is 43.9 Å². The van der Waals surface area contributed by atoms with Crippen LogP contribution in [-0.4, -0.2) is 23.5 Å². The fraction of sp³-hybridized carbons (Fsp3) is 0.533. The summed E-state index contributed by atoms with van der Waals surface area (Å²) in [5, 5.41) is 3.81. The normalized spacial score (nSPS) is 23.1. The summed E-state index contributed by atoms with van der Waals surface area (Å²) < 4.78 is 0. The molecule has 1 aliphatic rings. The van der Waals surface area contributed by atoms with Crippen LogP contribution in [0.25, 0.3) is 0 Å². The van der Waals surface area contributed by atoms with Crippen LogP contribution >= 0.6 is 11.8 Å². The van der Waals surface area contributed by atoms with Crippen molar-refractivity contribution in [2.75, 3.05) is 12.0 Å². The summed E-state index contributed by atoms with van der Waals surface area (Å²) in [6, 6.07) is 5.90. The Hall–Kier alpha value is -1.16. The van der Waals surface area contributed by atoms with Crippen molar-refractivity contribution in [1.82, 2.24) is 5.32 Å². The molecule has 0 saturated heterocycles. The summed E-state index contributed by atoms with van der Waals surface area (Å²) in [6.07, 6.45) is 6.75. The average Bonchev–Trinajstić information content (AvgIpc) is 2.42. The Balaban J connectivity index is 2.02. The van der Waals surface area contributed by atoms with Crippen molar-refractivity contribution in [3.63, 3.8) is 0 Å². The zero-order chi connectivity index (χ0) is 13.8. The Bertz CT molecular complexity index is 461. The van der Waals surface area contributed by atoms with Gasteiger partial charge in [0.2, 0.25) is 0 Å². The first-order chi connectivity index (χ1) is 9.11. The summed E-state index contributed by atoms with van der Waals surface area (Å²) in [4.78, 5) is 12.3. The molecule has 1 aromatic carbocycles. The number of carbonyl (C=O) groups excluding carboxylic acids is 1. The van der Waals surface area contributed by atoms with E-state index in [0.29, 0.717) is 22.5 Å². The number of nitrogens with two attached hydrogens (primary N) is 1. The number of aryl methyl sites for hydroxylation is 1. The Morgan fingerprint density at radius 2 is 2.21 bits per heavy atom. The minimum absolute atomic E-state index is 0.0343. The van der Waals surface area contributed by atoms with Crippen LogP contribution in [0.1, 0.15) is 41.6 Å². The van der Waals surface area contributed by atoms with Crippen molar-refractivity contribution in [3.8, 4) is 0 Å². The second-order valence-corrected chi connectivity index (χ2v) is 6.37. The van der Waals surface area contributed by atoms with E-state index in [9.17, 15) is 4.79 Å². The number of benzene rings is 1. The van der Waals surface area contributed by atoms with E-state index in [1.807, 2.05) is 30.8 Å². The molecule has 104 valence electrons. The van der Waals surface area contributed by atoms with E-state index < -0.39 is 0 Å². The first kappa shape index (κ1) is 14.3. The van der Waals surface area contributed by atoms with E-state index >= 15 is 0 Å². The van der Waals surface area contributed by atoms with Crippen molar-refractivity contribution in [3.05, 3.63) is 29.3 Å². The lowest BCUT2D eigenvalue weighted by Crippen LogP contribution is -2.39. The van der Waals surface area contributed by atoms with Crippen LogP contribution in [0.15, 0.2) is 18.2 Å². The number of rotatable bonds is 3. The number of carbonyl (C=O) groups is 1. The highest BCUT2D eigenvalue weighted by atomic mass is 32.2. The molecule has 1 aromatic rings. The van der Waals surface area contributed by atoms with E-state index in [0.717, 1.165) is 18.4 Å². The molecular formula is C15H22N2OS. The van der Waals surface area contributed by atoms with E-state index in [4.69, 9.17) is 5.73 Å². The van der Waals surface area contributed by atoms with Crippen LogP contribution in [-0.2, 0) is 0 Å². The minimum Gasteiger partial charge on any atom is -0.398 e. The van der Waals surface area contributed by atoms with Crippen molar-refractivity contribution in [1.29, 1.82) is 0 Å². The second kappa shape index (κ2) is 6.33. The van der Waals surface area contributed by atoms with Gasteiger partial charge in [0.25, 0.3) is 5.91 Å². The number of nitrogens with one attached hydrogen (secondary N) is 1. The highest BCUT2D eigenvalue weighted by molar-refractivity contribution is 7.99. The van der Waals surface area contributed by atoms with Gasteiger partial charge in [-0.3, -0.25) is 4.79 Å². The summed E-state index contributed by atoms with van der Waals surface area (Å²) in [5.74, 6) is -0.0343. The quantitative estimate of drug-likeness (QED) is 0.836. The Morgan fingerprint density at radius 3 is 2.95 bits per heavy atom. The van der Waals surface area contributed by atoms with Gasteiger partial charge in [0, 0.05) is 17.0 Å². The molecule has 2 atom stereocenters. The molecule has 0 heterocycles. The van der Waals surface area contributed by atoms with Crippen molar-refractivity contribution < 1.29 is 4.79 Å². The van der Waals surface area contributed by atoms with Crippen LogP contribution in [0.3, 0.4) is 0 Å². The smallest absolute Gasteiger partial charge is 0.253 e. The Morgan fingerprint density at radius 1 is 1.42 bits per heavy atom. The largest absolute Gasteiger partial charge is 0.398 e. The van der Waals surface area contributed by atoms with Crippen LogP contribution in [0.2, 0.25) is 0 Å². The van der Waals surface area contributed by atoms with Crippen molar-refractivity contribution in [2.24, 2.45) is 0 Å². The number of nitrogen functional groups attached to an aromatic ring is 1. The number of amides is 1. The number of para-hydroxylation sites is 1. The Labute approximate surface area is 119 Å². The molecule has 19 heavy (non-hydrogen) atoms. The second-order valence-electron chi connectivity index (χ2n) is 5.23. The highest BCUT2D eigenvalue weighted by Crippen LogP contribution is 2.27. The third-order valence-corrected chi connectivity index (χ3v) is 4.96. The summed E-state index contributed by atoms with van der Waals surface area (Å²) in [6.45, 7) is 1.93. The van der Waals surface area contributed by atoms with Gasteiger partial charge in [-0.05, 0) is 44.1 Å². The molecule has 0 bridgehead atoms. The summed E-state index contributed by atoms with van der Waals surface area (Å²) >= 11 is 1.90. The fourth-order valence-electron chi connectivity index (χ4n) is 2.63. The lowest BCUT2D eigenvalue weighted by Gasteiger charge is -2.28. The third kappa shape index (κ3) is 3.44. The number of hydrogen-bond acceptors (Lipinski definition) is 3. The zero-order valence-electron chi connectivity index (χ0n) is 11.6. The lowest BCUT2D eigenvalue weighted by molar-refractivity contribution is 0.0929. The maximum Gasteiger partial charge on any atom is 0.253 e. The number of anilines is 1. The van der Waals surface area contributed by atoms with Crippen molar-refractivity contribution >= 4 is 23.4 Å². The van der Waals surface area contributed by atoms with E-state index in [1.165, 1.54) is 12.8 Å². The molecule has 0 radical (unpaired) electrons. The monoisotopic (exact) mass is 278 g/mol. The molecule has 0 aromatic heterocycles. The standard InChI is InChI=1S/C15H22N2OS/c1-10-5-3-8-13(14(10)16)15(18)17-11-6-4-7-12(9-11)19-2/h3,5,8,11-12H,4,6-7,9,16H2,1-2H3,(H,17,18). The molecule has 0 spiro atoms. The number of hydrogen-bond donors (Lipinski definition) is 2. The lowest BCUT2D eigenvalue weighted by atomic mass is 9.94. The molecule has 1 saturated carbocycles. The molecule has 3 N–H and O–H groups in total. The van der Waals surface area contributed by atoms with Crippen LogP contribution < -0.4 is 11.1 Å². The van der Waals surface area contributed by atoms with Gasteiger partial charge in [0.1, 0.15) is 0 Å². The first-order valence-corrected chi connectivity index (χ1v) is 8.09. The van der Waals surface area contributed by atoms with Gasteiger partial charge in [0.15, 0.2) is 0 Å². The summed E-state index contributed by atoms with van der Waals surface area (Å²) in [7, 11) is 0. The molecule has 1 amide bonds. The van der Waals surface area contributed by atoms with Crippen LogP contribution in [0, 0.1) is 6.92 Å².